The van der Waals surface area contributed by atoms with Gasteiger partial charge in [-0.15, -0.1) is 11.3 Å². The fraction of sp³-hybridized carbons (Fsp3) is 0.138. The van der Waals surface area contributed by atoms with E-state index in [1.54, 1.807) is 24.3 Å². The van der Waals surface area contributed by atoms with E-state index in [1.807, 2.05) is 45.0 Å². The lowest BCUT2D eigenvalue weighted by Gasteiger charge is -2.07. The minimum atomic E-state index is -0.419. The second-order valence-electron chi connectivity index (χ2n) is 8.74. The van der Waals surface area contributed by atoms with Crippen molar-refractivity contribution in [3.05, 3.63) is 97.8 Å². The lowest BCUT2D eigenvalue weighted by atomic mass is 10.1. The van der Waals surface area contributed by atoms with Gasteiger partial charge in [0.1, 0.15) is 16.9 Å². The van der Waals surface area contributed by atoms with E-state index in [0.29, 0.717) is 43.9 Å². The second-order valence-corrected chi connectivity index (χ2v) is 10.7. The number of anilines is 1. The number of hydrogen-bond acceptors (Lipinski definition) is 6. The third-order valence-electron chi connectivity index (χ3n) is 6.20. The van der Waals surface area contributed by atoms with Gasteiger partial charge in [0, 0.05) is 26.9 Å². The monoisotopic (exact) mass is 563 g/mol. The summed E-state index contributed by atoms with van der Waals surface area (Å²) >= 11 is 13.9. The molecule has 0 atom stereocenters. The van der Waals surface area contributed by atoms with Crippen LogP contribution in [0.4, 0.5) is 10.8 Å². The van der Waals surface area contributed by atoms with Crippen LogP contribution in [0.25, 0.3) is 22.2 Å². The maximum atomic E-state index is 13.6. The number of benzene rings is 3. The van der Waals surface area contributed by atoms with Crippen molar-refractivity contribution in [1.29, 1.82) is 0 Å². The van der Waals surface area contributed by atoms with Gasteiger partial charge in [0.15, 0.2) is 5.13 Å². The van der Waals surface area contributed by atoms with E-state index >= 15 is 0 Å². The van der Waals surface area contributed by atoms with E-state index in [9.17, 15) is 9.90 Å². The first-order valence-electron chi connectivity index (χ1n) is 11.9. The van der Waals surface area contributed by atoms with E-state index < -0.39 is 5.91 Å². The van der Waals surface area contributed by atoms with E-state index in [0.717, 1.165) is 21.6 Å². The van der Waals surface area contributed by atoms with Gasteiger partial charge in [-0.3, -0.25) is 10.1 Å². The highest BCUT2D eigenvalue weighted by atomic mass is 35.5. The molecule has 6 nitrogen and oxygen atoms in total. The Bertz CT molecular complexity index is 1780. The van der Waals surface area contributed by atoms with Crippen LogP contribution in [-0.4, -0.2) is 16.0 Å². The molecule has 0 aliphatic heterocycles. The first-order chi connectivity index (χ1) is 18.2. The number of hydrogen-bond donors (Lipinski definition) is 2. The average Bonchev–Trinajstić information content (AvgIpc) is 3.28. The third kappa shape index (κ3) is 5.18. The normalized spacial score (nSPS) is 11.8. The van der Waals surface area contributed by atoms with E-state index in [2.05, 4.69) is 10.3 Å². The number of amides is 1. The summed E-state index contributed by atoms with van der Waals surface area (Å²) < 4.78 is 6.04. The van der Waals surface area contributed by atoms with Crippen molar-refractivity contribution in [3.8, 4) is 17.0 Å². The molecule has 0 radical (unpaired) electrons. The highest BCUT2D eigenvalue weighted by Crippen LogP contribution is 2.36. The number of nitrogens with one attached hydrogen (secondary N) is 1. The Kier molecular flexibility index (Phi) is 7.25. The molecular weight excluding hydrogens is 541 g/mol. The van der Waals surface area contributed by atoms with E-state index in [4.69, 9.17) is 32.6 Å². The Balaban J connectivity index is 1.60. The molecule has 5 rings (SSSR count). The number of fused-ring (bicyclic) bond motifs is 1. The topological polar surface area (TPSA) is 87.7 Å². The summed E-state index contributed by atoms with van der Waals surface area (Å²) in [5, 5.41) is 15.0. The highest BCUT2D eigenvalue weighted by Gasteiger charge is 2.19. The number of aryl methyl sites for hydroxylation is 2. The van der Waals surface area contributed by atoms with Crippen molar-refractivity contribution in [2.45, 2.75) is 27.2 Å². The first kappa shape index (κ1) is 26.0. The van der Waals surface area contributed by atoms with Gasteiger partial charge in [0.2, 0.25) is 5.55 Å². The molecule has 0 saturated heterocycles. The maximum absolute atomic E-state index is 13.6. The number of thiazole rings is 1. The molecule has 2 N–H and O–H groups in total. The van der Waals surface area contributed by atoms with Gasteiger partial charge >= 0.3 is 0 Å². The molecule has 3 aromatic carbocycles. The summed E-state index contributed by atoms with van der Waals surface area (Å²) in [5.41, 5.74) is 4.95. The molecule has 1 amide bonds. The van der Waals surface area contributed by atoms with Gasteiger partial charge in [-0.05, 0) is 73.9 Å². The van der Waals surface area contributed by atoms with Crippen LogP contribution in [0.5, 0.6) is 5.75 Å². The van der Waals surface area contributed by atoms with Gasteiger partial charge in [0.05, 0.1) is 16.4 Å². The first-order valence-corrected chi connectivity index (χ1v) is 13.4. The Morgan fingerprint density at radius 2 is 1.92 bits per heavy atom. The molecule has 0 spiro atoms. The smallest absolute Gasteiger partial charge is 0.262 e. The van der Waals surface area contributed by atoms with Crippen LogP contribution in [0.1, 0.15) is 33.3 Å². The summed E-state index contributed by atoms with van der Waals surface area (Å²) in [4.78, 5) is 23.9. The van der Waals surface area contributed by atoms with Crippen molar-refractivity contribution in [2.24, 2.45) is 4.99 Å². The number of phenolic OH excluding ortho intramolecular Hbond substituents is 1. The Hall–Kier alpha value is -3.65. The van der Waals surface area contributed by atoms with Gasteiger partial charge in [-0.1, -0.05) is 42.3 Å². The van der Waals surface area contributed by atoms with Gasteiger partial charge in [-0.2, -0.15) is 0 Å². The summed E-state index contributed by atoms with van der Waals surface area (Å²) in [5.74, 6) is -0.364. The van der Waals surface area contributed by atoms with Crippen molar-refractivity contribution in [2.75, 3.05) is 5.32 Å². The molecule has 2 aromatic heterocycles. The lowest BCUT2D eigenvalue weighted by Crippen LogP contribution is -2.21. The Morgan fingerprint density at radius 3 is 2.68 bits per heavy atom. The molecule has 9 heteroatoms. The highest BCUT2D eigenvalue weighted by molar-refractivity contribution is 7.16. The van der Waals surface area contributed by atoms with Crippen LogP contribution >= 0.6 is 34.5 Å². The van der Waals surface area contributed by atoms with Crippen LogP contribution in [0.15, 0.2) is 70.1 Å². The number of halogens is 2. The van der Waals surface area contributed by atoms with Gasteiger partial charge in [-0.25, -0.2) is 9.98 Å². The summed E-state index contributed by atoms with van der Waals surface area (Å²) in [6, 6.07) is 17.4. The molecular formula is C29H23Cl2N3O3S. The fourth-order valence-electron chi connectivity index (χ4n) is 4.02. The summed E-state index contributed by atoms with van der Waals surface area (Å²) in [6.07, 6.45) is 0.712. The molecule has 0 unspecified atom stereocenters. The number of carbonyl (C=O) groups excluding carboxylic acids is 1. The van der Waals surface area contributed by atoms with Crippen molar-refractivity contribution in [1.82, 2.24) is 4.98 Å². The number of carbonyl (C=O) groups is 1. The molecule has 0 bridgehead atoms. The summed E-state index contributed by atoms with van der Waals surface area (Å²) in [6.45, 7) is 5.98. The average molecular weight is 564 g/mol. The molecule has 0 aliphatic rings. The quantitative estimate of drug-likeness (QED) is 0.225. The standard InChI is InChI=1S/C29H23Cl2N3O3S/c1-4-25-26(20-11-9-18(30)13-22(20)31)33-29(38-25)34-27(36)21-12-17-8-10-19(35)14-24(17)37-28(21)32-23-7-5-6-15(2)16(23)3/h5-14,35H,4H2,1-3H3,(H,33,34,36). The Morgan fingerprint density at radius 1 is 1.11 bits per heavy atom. The van der Waals surface area contributed by atoms with Gasteiger partial charge < -0.3 is 9.52 Å². The predicted octanol–water partition coefficient (Wildman–Crippen LogP) is 8.23. The minimum Gasteiger partial charge on any atom is -0.508 e. The number of phenols is 1. The molecule has 0 aliphatic carbocycles. The van der Waals surface area contributed by atoms with Crippen LogP contribution in [0.3, 0.4) is 0 Å². The Labute approximate surface area is 233 Å². The zero-order chi connectivity index (χ0) is 27.0. The minimum absolute atomic E-state index is 0.0550. The van der Waals surface area contributed by atoms with Crippen molar-refractivity contribution >= 4 is 62.2 Å². The SMILES string of the molecule is CCc1sc(NC(=O)c2cc3ccc(O)cc3oc2=Nc2cccc(C)c2C)nc1-c1ccc(Cl)cc1Cl. The van der Waals surface area contributed by atoms with Crippen LogP contribution in [-0.2, 0) is 6.42 Å². The third-order valence-corrected chi connectivity index (χ3v) is 7.86. The van der Waals surface area contributed by atoms with Crippen molar-refractivity contribution < 1.29 is 14.3 Å². The fourth-order valence-corrected chi connectivity index (χ4v) is 5.43. The predicted molar refractivity (Wildman–Crippen MR) is 154 cm³/mol. The van der Waals surface area contributed by atoms with E-state index in [1.165, 1.54) is 23.5 Å². The maximum Gasteiger partial charge on any atom is 0.262 e. The zero-order valence-electron chi connectivity index (χ0n) is 20.8. The van der Waals surface area contributed by atoms with Crippen LogP contribution in [0, 0.1) is 13.8 Å². The number of nitrogens with zero attached hydrogens (tertiary/aromatic N) is 2. The van der Waals surface area contributed by atoms with Crippen molar-refractivity contribution in [3.63, 3.8) is 0 Å². The van der Waals surface area contributed by atoms with Crippen LogP contribution in [0.2, 0.25) is 10.0 Å². The second kappa shape index (κ2) is 10.6. The zero-order valence-corrected chi connectivity index (χ0v) is 23.1. The van der Waals surface area contributed by atoms with E-state index in [-0.39, 0.29) is 16.9 Å². The van der Waals surface area contributed by atoms with Crippen LogP contribution < -0.4 is 10.9 Å². The molecule has 0 fully saturated rings. The molecule has 5 aromatic rings. The summed E-state index contributed by atoms with van der Waals surface area (Å²) in [7, 11) is 0. The van der Waals surface area contributed by atoms with Gasteiger partial charge in [0.25, 0.3) is 5.91 Å². The molecule has 0 saturated carbocycles. The number of aromatic nitrogens is 1. The largest absolute Gasteiger partial charge is 0.508 e. The number of aromatic hydroxyl groups is 1. The number of rotatable bonds is 5. The molecule has 38 heavy (non-hydrogen) atoms. The molecule has 192 valence electrons. The molecule has 2 heterocycles. The lowest BCUT2D eigenvalue weighted by molar-refractivity contribution is 0.102.